The standard InChI is InChI=1S/C10H9FO3/c1-6(13)8-4-10(14-2)9(11)3-7(8)5-12/h3-5H,1-2H3. The van der Waals surface area contributed by atoms with Crippen LogP contribution < -0.4 is 4.74 Å². The lowest BCUT2D eigenvalue weighted by molar-refractivity contribution is 0.100. The molecule has 0 heterocycles. The Morgan fingerprint density at radius 2 is 2.14 bits per heavy atom. The Labute approximate surface area is 80.5 Å². The van der Waals surface area contributed by atoms with E-state index >= 15 is 0 Å². The average Bonchev–Trinajstić information content (AvgIpc) is 2.16. The molecule has 0 aliphatic heterocycles. The quantitative estimate of drug-likeness (QED) is 0.547. The fourth-order valence-corrected chi connectivity index (χ4v) is 1.13. The second-order valence-corrected chi connectivity index (χ2v) is 2.75. The number of carbonyl (C=O) groups is 2. The lowest BCUT2D eigenvalue weighted by atomic mass is 10.0. The number of carbonyl (C=O) groups excluding carboxylic acids is 2. The highest BCUT2D eigenvalue weighted by atomic mass is 19.1. The van der Waals surface area contributed by atoms with Crippen molar-refractivity contribution in [3.63, 3.8) is 0 Å². The summed E-state index contributed by atoms with van der Waals surface area (Å²) >= 11 is 0. The number of halogens is 1. The van der Waals surface area contributed by atoms with Gasteiger partial charge in [-0.25, -0.2) is 4.39 Å². The molecule has 0 N–H and O–H groups in total. The molecule has 0 bridgehead atoms. The van der Waals surface area contributed by atoms with Crippen molar-refractivity contribution in [1.29, 1.82) is 0 Å². The number of ketones is 1. The van der Waals surface area contributed by atoms with Gasteiger partial charge in [-0.05, 0) is 19.1 Å². The van der Waals surface area contributed by atoms with Crippen LogP contribution in [0.2, 0.25) is 0 Å². The molecule has 3 nitrogen and oxygen atoms in total. The average molecular weight is 196 g/mol. The molecule has 0 amide bonds. The van der Waals surface area contributed by atoms with Gasteiger partial charge < -0.3 is 4.74 Å². The molecule has 0 aliphatic rings. The van der Waals surface area contributed by atoms with Crippen LogP contribution >= 0.6 is 0 Å². The van der Waals surface area contributed by atoms with Gasteiger partial charge in [0.1, 0.15) is 0 Å². The molecular formula is C10H9FO3. The Morgan fingerprint density at radius 3 is 2.57 bits per heavy atom. The molecule has 0 spiro atoms. The van der Waals surface area contributed by atoms with Crippen LogP contribution in [-0.4, -0.2) is 19.2 Å². The minimum absolute atomic E-state index is 0.0378. The van der Waals surface area contributed by atoms with E-state index in [2.05, 4.69) is 0 Å². The van der Waals surface area contributed by atoms with Crippen LogP contribution in [0.25, 0.3) is 0 Å². The third-order valence-corrected chi connectivity index (χ3v) is 1.83. The van der Waals surface area contributed by atoms with E-state index < -0.39 is 5.82 Å². The summed E-state index contributed by atoms with van der Waals surface area (Å²) in [5, 5.41) is 0. The van der Waals surface area contributed by atoms with Crippen molar-refractivity contribution >= 4 is 12.1 Å². The summed E-state index contributed by atoms with van der Waals surface area (Å²) in [5.74, 6) is -0.995. The maximum absolute atomic E-state index is 13.1. The molecule has 4 heteroatoms. The van der Waals surface area contributed by atoms with E-state index in [9.17, 15) is 14.0 Å². The number of rotatable bonds is 3. The van der Waals surface area contributed by atoms with Crippen LogP contribution in [0.1, 0.15) is 27.6 Å². The molecule has 0 fully saturated rings. The molecule has 0 atom stereocenters. The second kappa shape index (κ2) is 4.00. The van der Waals surface area contributed by atoms with Crippen LogP contribution in [0.4, 0.5) is 4.39 Å². The maximum Gasteiger partial charge on any atom is 0.165 e. The fraction of sp³-hybridized carbons (Fsp3) is 0.200. The Hall–Kier alpha value is -1.71. The van der Waals surface area contributed by atoms with Crippen LogP contribution in [0, 0.1) is 5.82 Å². The molecule has 0 unspecified atom stereocenters. The van der Waals surface area contributed by atoms with E-state index in [0.29, 0.717) is 6.29 Å². The third kappa shape index (κ3) is 1.79. The van der Waals surface area contributed by atoms with Crippen molar-refractivity contribution < 1.29 is 18.7 Å². The predicted octanol–water partition coefficient (Wildman–Crippen LogP) is 1.85. The van der Waals surface area contributed by atoms with Crippen molar-refractivity contribution in [2.24, 2.45) is 0 Å². The van der Waals surface area contributed by atoms with Gasteiger partial charge in [0.05, 0.1) is 7.11 Å². The van der Waals surface area contributed by atoms with Crippen molar-refractivity contribution in [3.8, 4) is 5.75 Å². The first-order valence-electron chi connectivity index (χ1n) is 3.93. The van der Waals surface area contributed by atoms with Crippen LogP contribution in [-0.2, 0) is 0 Å². The number of methoxy groups -OCH3 is 1. The number of ether oxygens (including phenoxy) is 1. The molecule has 0 radical (unpaired) electrons. The van der Waals surface area contributed by atoms with E-state index in [0.717, 1.165) is 6.07 Å². The highest BCUT2D eigenvalue weighted by Crippen LogP contribution is 2.21. The van der Waals surface area contributed by atoms with Gasteiger partial charge in [-0.3, -0.25) is 9.59 Å². The molecule has 1 aromatic rings. The number of aldehydes is 1. The van der Waals surface area contributed by atoms with Gasteiger partial charge in [0.15, 0.2) is 23.6 Å². The van der Waals surface area contributed by atoms with E-state index in [-0.39, 0.29) is 22.7 Å². The SMILES string of the molecule is COc1cc(C(C)=O)c(C=O)cc1F. The van der Waals surface area contributed by atoms with Gasteiger partial charge in [-0.15, -0.1) is 0 Å². The Morgan fingerprint density at radius 1 is 1.50 bits per heavy atom. The number of benzene rings is 1. The van der Waals surface area contributed by atoms with Crippen LogP contribution in [0.3, 0.4) is 0 Å². The molecule has 14 heavy (non-hydrogen) atoms. The van der Waals surface area contributed by atoms with Gasteiger partial charge in [-0.2, -0.15) is 0 Å². The highest BCUT2D eigenvalue weighted by Gasteiger charge is 2.12. The number of hydrogen-bond donors (Lipinski definition) is 0. The molecular weight excluding hydrogens is 187 g/mol. The third-order valence-electron chi connectivity index (χ3n) is 1.83. The van der Waals surface area contributed by atoms with Gasteiger partial charge in [0, 0.05) is 11.1 Å². The molecule has 1 aromatic carbocycles. The molecule has 0 aliphatic carbocycles. The van der Waals surface area contributed by atoms with E-state index in [1.54, 1.807) is 0 Å². The highest BCUT2D eigenvalue weighted by molar-refractivity contribution is 6.01. The summed E-state index contributed by atoms with van der Waals surface area (Å²) in [6.07, 6.45) is 0.444. The summed E-state index contributed by atoms with van der Waals surface area (Å²) in [4.78, 5) is 21.6. The van der Waals surface area contributed by atoms with Gasteiger partial charge in [-0.1, -0.05) is 0 Å². The van der Waals surface area contributed by atoms with Crippen molar-refractivity contribution in [2.45, 2.75) is 6.92 Å². The fourth-order valence-electron chi connectivity index (χ4n) is 1.13. The summed E-state index contributed by atoms with van der Waals surface area (Å²) < 4.78 is 17.8. The first-order chi connectivity index (χ1) is 6.60. The van der Waals surface area contributed by atoms with Gasteiger partial charge in [0.25, 0.3) is 0 Å². The molecule has 0 saturated carbocycles. The van der Waals surface area contributed by atoms with Gasteiger partial charge in [0.2, 0.25) is 0 Å². The lowest BCUT2D eigenvalue weighted by Crippen LogP contribution is -2.01. The Kier molecular flexibility index (Phi) is 2.96. The Bertz CT molecular complexity index is 385. The number of hydrogen-bond acceptors (Lipinski definition) is 3. The minimum atomic E-state index is -0.653. The normalized spacial score (nSPS) is 9.64. The first kappa shape index (κ1) is 10.4. The summed E-state index contributed by atoms with van der Waals surface area (Å²) in [7, 11) is 1.29. The summed E-state index contributed by atoms with van der Waals surface area (Å²) in [5.41, 5.74) is 0.203. The van der Waals surface area contributed by atoms with Crippen molar-refractivity contribution in [3.05, 3.63) is 29.1 Å². The molecule has 0 aromatic heterocycles. The summed E-state index contributed by atoms with van der Waals surface area (Å²) in [6.45, 7) is 1.31. The van der Waals surface area contributed by atoms with Crippen molar-refractivity contribution in [1.82, 2.24) is 0 Å². The van der Waals surface area contributed by atoms with E-state index in [4.69, 9.17) is 4.74 Å². The topological polar surface area (TPSA) is 43.4 Å². The smallest absolute Gasteiger partial charge is 0.165 e. The number of Topliss-reactive ketones (excluding diaryl/α,β-unsaturated/α-hetero) is 1. The van der Waals surface area contributed by atoms with E-state index in [1.165, 1.54) is 20.1 Å². The van der Waals surface area contributed by atoms with Crippen molar-refractivity contribution in [2.75, 3.05) is 7.11 Å². The summed E-state index contributed by atoms with van der Waals surface area (Å²) in [6, 6.07) is 2.21. The zero-order valence-electron chi connectivity index (χ0n) is 7.83. The Balaban J connectivity index is 3.39. The first-order valence-corrected chi connectivity index (χ1v) is 3.93. The zero-order chi connectivity index (χ0) is 10.7. The van der Waals surface area contributed by atoms with Crippen LogP contribution in [0.5, 0.6) is 5.75 Å². The monoisotopic (exact) mass is 196 g/mol. The zero-order valence-corrected chi connectivity index (χ0v) is 7.83. The molecule has 1 rings (SSSR count). The van der Waals surface area contributed by atoms with E-state index in [1.807, 2.05) is 0 Å². The van der Waals surface area contributed by atoms with Crippen LogP contribution in [0.15, 0.2) is 12.1 Å². The maximum atomic E-state index is 13.1. The molecule has 0 saturated heterocycles. The minimum Gasteiger partial charge on any atom is -0.494 e. The molecule has 74 valence electrons. The lowest BCUT2D eigenvalue weighted by Gasteiger charge is -2.05. The second-order valence-electron chi connectivity index (χ2n) is 2.75. The largest absolute Gasteiger partial charge is 0.494 e. The predicted molar refractivity (Wildman–Crippen MR) is 48.3 cm³/mol. The van der Waals surface area contributed by atoms with Gasteiger partial charge >= 0.3 is 0 Å².